The van der Waals surface area contributed by atoms with Gasteiger partial charge in [-0.05, 0) is 49.6 Å². The topological polar surface area (TPSA) is 78.4 Å². The van der Waals surface area contributed by atoms with E-state index in [2.05, 4.69) is 4.99 Å². The van der Waals surface area contributed by atoms with Crippen molar-refractivity contribution in [2.24, 2.45) is 4.99 Å². The first-order chi connectivity index (χ1) is 13.8. The molecule has 0 fully saturated rings. The molecule has 0 amide bonds. The van der Waals surface area contributed by atoms with Crippen LogP contribution in [0.2, 0.25) is 5.02 Å². The van der Waals surface area contributed by atoms with E-state index >= 15 is 0 Å². The summed E-state index contributed by atoms with van der Waals surface area (Å²) in [5.74, 6) is -0.232. The molecular formula is C23H20ClN3O2. The first-order valence-corrected chi connectivity index (χ1v) is 9.46. The zero-order chi connectivity index (χ0) is 21.1. The summed E-state index contributed by atoms with van der Waals surface area (Å²) in [7, 11) is 0. The van der Waals surface area contributed by atoms with Gasteiger partial charge in [-0.1, -0.05) is 48.0 Å². The number of hydrogen-bond donors (Lipinski definition) is 1. The Morgan fingerprint density at radius 3 is 2.52 bits per heavy atom. The van der Waals surface area contributed by atoms with E-state index in [-0.39, 0.29) is 11.4 Å². The van der Waals surface area contributed by atoms with Gasteiger partial charge in [0.2, 0.25) is 5.88 Å². The van der Waals surface area contributed by atoms with Crippen LogP contribution in [0.25, 0.3) is 0 Å². The van der Waals surface area contributed by atoms with Crippen LogP contribution in [0.3, 0.4) is 0 Å². The van der Waals surface area contributed by atoms with E-state index in [1.54, 1.807) is 26.0 Å². The molecule has 1 N–H and O–H groups in total. The number of benzene rings is 2. The van der Waals surface area contributed by atoms with Crippen molar-refractivity contribution in [3.05, 3.63) is 91.7 Å². The van der Waals surface area contributed by atoms with Crippen molar-refractivity contribution in [2.75, 3.05) is 0 Å². The van der Waals surface area contributed by atoms with E-state index in [0.29, 0.717) is 21.8 Å². The van der Waals surface area contributed by atoms with Gasteiger partial charge in [-0.15, -0.1) is 0 Å². The van der Waals surface area contributed by atoms with Gasteiger partial charge in [0.05, 0.1) is 17.3 Å². The van der Waals surface area contributed by atoms with E-state index in [4.69, 9.17) is 11.6 Å². The Bertz CT molecular complexity index is 1190. The third-order valence-electron chi connectivity index (χ3n) is 4.96. The van der Waals surface area contributed by atoms with E-state index in [9.17, 15) is 15.2 Å². The van der Waals surface area contributed by atoms with Gasteiger partial charge >= 0.3 is 0 Å². The molecule has 0 saturated carbocycles. The number of nitriles is 1. The number of hydrogen-bond acceptors (Lipinski definition) is 4. The molecule has 0 bridgehead atoms. The standard InChI is InChI=1S/C23H20ClN3O2/c1-14-9-10-18(11-21(14)24)26-13-20-15(2)19(12-25)22(28)27(23(20)29)16(3)17-7-5-4-6-8-17/h4-11,13,16,29H,1-3H3. The van der Waals surface area contributed by atoms with Crippen LogP contribution >= 0.6 is 11.6 Å². The van der Waals surface area contributed by atoms with E-state index in [0.717, 1.165) is 11.1 Å². The average molecular weight is 406 g/mol. The van der Waals surface area contributed by atoms with Crippen LogP contribution in [0, 0.1) is 25.2 Å². The number of aliphatic imine (C=N–C) groups is 1. The fourth-order valence-corrected chi connectivity index (χ4v) is 3.31. The number of nitrogens with zero attached hydrogens (tertiary/aromatic N) is 3. The quantitative estimate of drug-likeness (QED) is 0.616. The van der Waals surface area contributed by atoms with E-state index < -0.39 is 11.6 Å². The number of rotatable bonds is 4. The molecule has 0 aliphatic heterocycles. The molecule has 2 aromatic carbocycles. The maximum atomic E-state index is 12.9. The van der Waals surface area contributed by atoms with Crippen LogP contribution in [0.1, 0.15) is 40.8 Å². The minimum atomic E-state index is -0.533. The fourth-order valence-electron chi connectivity index (χ4n) is 3.14. The molecule has 3 aromatic rings. The molecule has 0 aliphatic rings. The minimum Gasteiger partial charge on any atom is -0.494 e. The molecule has 1 heterocycles. The van der Waals surface area contributed by atoms with Crippen molar-refractivity contribution >= 4 is 23.5 Å². The highest BCUT2D eigenvalue weighted by Gasteiger charge is 2.22. The molecule has 0 saturated heterocycles. The van der Waals surface area contributed by atoms with Crippen molar-refractivity contribution in [2.45, 2.75) is 26.8 Å². The lowest BCUT2D eigenvalue weighted by atomic mass is 10.0. The summed E-state index contributed by atoms with van der Waals surface area (Å²) in [5, 5.41) is 21.0. The lowest BCUT2D eigenvalue weighted by molar-refractivity contribution is 0.393. The van der Waals surface area contributed by atoms with Gasteiger partial charge in [0.1, 0.15) is 11.6 Å². The number of aromatic hydroxyl groups is 1. The second-order valence-electron chi connectivity index (χ2n) is 6.80. The van der Waals surface area contributed by atoms with Gasteiger partial charge in [-0.2, -0.15) is 5.26 Å². The smallest absolute Gasteiger partial charge is 0.272 e. The Balaban J connectivity index is 2.17. The van der Waals surface area contributed by atoms with Crippen LogP contribution in [0.15, 0.2) is 58.3 Å². The summed E-state index contributed by atoms with van der Waals surface area (Å²) in [4.78, 5) is 17.3. The summed E-state index contributed by atoms with van der Waals surface area (Å²) >= 11 is 6.15. The summed E-state index contributed by atoms with van der Waals surface area (Å²) in [6.45, 7) is 5.32. The van der Waals surface area contributed by atoms with Crippen molar-refractivity contribution in [3.63, 3.8) is 0 Å². The Hall–Kier alpha value is -3.36. The second-order valence-corrected chi connectivity index (χ2v) is 7.21. The van der Waals surface area contributed by atoms with Crippen LogP contribution in [-0.2, 0) is 0 Å². The number of pyridine rings is 1. The molecule has 0 spiro atoms. The number of halogens is 1. The lowest BCUT2D eigenvalue weighted by Crippen LogP contribution is -2.28. The zero-order valence-electron chi connectivity index (χ0n) is 16.3. The lowest BCUT2D eigenvalue weighted by Gasteiger charge is -2.20. The Labute approximate surface area is 174 Å². The van der Waals surface area contributed by atoms with Crippen LogP contribution in [-0.4, -0.2) is 15.9 Å². The second kappa shape index (κ2) is 8.34. The molecule has 0 aliphatic carbocycles. The molecule has 1 aromatic heterocycles. The van der Waals surface area contributed by atoms with E-state index in [1.165, 1.54) is 10.8 Å². The van der Waals surface area contributed by atoms with Crippen molar-refractivity contribution in [3.8, 4) is 11.9 Å². The molecule has 1 unspecified atom stereocenters. The Morgan fingerprint density at radius 2 is 1.90 bits per heavy atom. The SMILES string of the molecule is Cc1ccc(N=Cc2c(C)c(C#N)c(=O)n(C(C)c3ccccc3)c2O)cc1Cl. The van der Waals surface area contributed by atoms with Crippen LogP contribution < -0.4 is 5.56 Å². The Kier molecular flexibility index (Phi) is 5.86. The molecular weight excluding hydrogens is 386 g/mol. The van der Waals surface area contributed by atoms with Gasteiger partial charge in [0.25, 0.3) is 5.56 Å². The van der Waals surface area contributed by atoms with Gasteiger partial charge in [0.15, 0.2) is 0 Å². The molecule has 0 radical (unpaired) electrons. The van der Waals surface area contributed by atoms with E-state index in [1.807, 2.05) is 49.4 Å². The summed E-state index contributed by atoms with van der Waals surface area (Å²) in [6, 6.07) is 16.2. The molecule has 146 valence electrons. The summed E-state index contributed by atoms with van der Waals surface area (Å²) in [5.41, 5.74) is 2.52. The van der Waals surface area contributed by atoms with Crippen molar-refractivity contribution in [1.29, 1.82) is 5.26 Å². The first kappa shape index (κ1) is 20.4. The normalized spacial score (nSPS) is 12.1. The maximum Gasteiger partial charge on any atom is 0.272 e. The highest BCUT2D eigenvalue weighted by Crippen LogP contribution is 2.28. The molecule has 3 rings (SSSR count). The van der Waals surface area contributed by atoms with Gasteiger partial charge < -0.3 is 5.11 Å². The number of aromatic nitrogens is 1. The average Bonchev–Trinajstić information content (AvgIpc) is 2.71. The molecule has 6 heteroatoms. The van der Waals surface area contributed by atoms with Gasteiger partial charge in [-0.25, -0.2) is 0 Å². The highest BCUT2D eigenvalue weighted by molar-refractivity contribution is 6.31. The predicted octanol–water partition coefficient (Wildman–Crippen LogP) is 5.06. The third-order valence-corrected chi connectivity index (χ3v) is 5.37. The summed E-state index contributed by atoms with van der Waals surface area (Å²) in [6.07, 6.45) is 1.46. The molecule has 5 nitrogen and oxygen atoms in total. The largest absolute Gasteiger partial charge is 0.494 e. The van der Waals surface area contributed by atoms with Gasteiger partial charge in [0, 0.05) is 11.2 Å². The maximum absolute atomic E-state index is 12.9. The Morgan fingerprint density at radius 1 is 1.21 bits per heavy atom. The minimum absolute atomic E-state index is 0.0195. The van der Waals surface area contributed by atoms with Crippen molar-refractivity contribution in [1.82, 2.24) is 4.57 Å². The zero-order valence-corrected chi connectivity index (χ0v) is 17.1. The van der Waals surface area contributed by atoms with Crippen LogP contribution in [0.5, 0.6) is 5.88 Å². The monoisotopic (exact) mass is 405 g/mol. The number of aryl methyl sites for hydroxylation is 1. The predicted molar refractivity (Wildman–Crippen MR) is 116 cm³/mol. The fraction of sp³-hybridized carbons (Fsp3) is 0.174. The summed E-state index contributed by atoms with van der Waals surface area (Å²) < 4.78 is 1.23. The molecule has 1 atom stereocenters. The highest BCUT2D eigenvalue weighted by atomic mass is 35.5. The molecule has 29 heavy (non-hydrogen) atoms. The first-order valence-electron chi connectivity index (χ1n) is 9.08. The third kappa shape index (κ3) is 3.94. The van der Waals surface area contributed by atoms with Crippen molar-refractivity contribution < 1.29 is 5.11 Å². The van der Waals surface area contributed by atoms with Gasteiger partial charge in [-0.3, -0.25) is 14.4 Å². The van der Waals surface area contributed by atoms with Crippen LogP contribution in [0.4, 0.5) is 5.69 Å².